The molecule has 1 aromatic carbocycles. The van der Waals surface area contributed by atoms with E-state index in [2.05, 4.69) is 15.6 Å². The number of carbonyl (C=O) groups is 2. The molecule has 2 amide bonds. The molecule has 0 radical (unpaired) electrons. The van der Waals surface area contributed by atoms with E-state index in [1.807, 2.05) is 22.4 Å². The van der Waals surface area contributed by atoms with E-state index in [-0.39, 0.29) is 29.2 Å². The molecule has 3 heterocycles. The summed E-state index contributed by atoms with van der Waals surface area (Å²) < 4.78 is 14.7. The highest BCUT2D eigenvalue weighted by Crippen LogP contribution is 2.21. The predicted octanol–water partition coefficient (Wildman–Crippen LogP) is 2.61. The molecule has 1 unspecified atom stereocenters. The normalized spacial score (nSPS) is 16.3. The van der Waals surface area contributed by atoms with E-state index < -0.39 is 0 Å². The van der Waals surface area contributed by atoms with Crippen LogP contribution in [0.15, 0.2) is 41.8 Å². The average Bonchev–Trinajstić information content (AvgIpc) is 3.45. The van der Waals surface area contributed by atoms with Gasteiger partial charge in [-0.25, -0.2) is 9.07 Å². The molecular weight excluding hydrogens is 405 g/mol. The Morgan fingerprint density at radius 2 is 2.07 bits per heavy atom. The number of carbonyl (C=O) groups excluding carboxylic acids is 2. The van der Waals surface area contributed by atoms with Crippen molar-refractivity contribution in [3.8, 4) is 0 Å². The number of hydrogen-bond donors (Lipinski definition) is 1. The zero-order valence-electron chi connectivity index (χ0n) is 16.5. The monoisotopic (exact) mass is 427 g/mol. The van der Waals surface area contributed by atoms with Gasteiger partial charge in [0.05, 0.1) is 18.8 Å². The summed E-state index contributed by atoms with van der Waals surface area (Å²) in [5.41, 5.74) is 1.77. The first-order valence-corrected chi connectivity index (χ1v) is 10.6. The lowest BCUT2D eigenvalue weighted by Gasteiger charge is -2.15. The first-order valence-electron chi connectivity index (χ1n) is 9.72. The molecule has 156 valence electrons. The molecule has 0 aliphatic carbocycles. The summed E-state index contributed by atoms with van der Waals surface area (Å²) in [5.74, 6) is -0.407. The van der Waals surface area contributed by atoms with Gasteiger partial charge in [-0.1, -0.05) is 23.4 Å². The van der Waals surface area contributed by atoms with Gasteiger partial charge in [-0.15, -0.1) is 16.4 Å². The van der Waals surface area contributed by atoms with E-state index in [1.165, 1.54) is 12.1 Å². The van der Waals surface area contributed by atoms with Gasteiger partial charge in [-0.3, -0.25) is 9.59 Å². The Morgan fingerprint density at radius 3 is 2.80 bits per heavy atom. The highest BCUT2D eigenvalue weighted by atomic mass is 32.1. The van der Waals surface area contributed by atoms with E-state index in [4.69, 9.17) is 0 Å². The second-order valence-electron chi connectivity index (χ2n) is 7.44. The number of nitrogens with zero attached hydrogens (tertiary/aromatic N) is 4. The SMILES string of the molecule is Cc1c(C(=O)NCC2CC(=O)N(Cc3cccs3)C2)nnn1Cc1ccc(F)cc1. The number of aromatic nitrogens is 3. The number of thiophene rings is 1. The fourth-order valence-corrected chi connectivity index (χ4v) is 4.26. The summed E-state index contributed by atoms with van der Waals surface area (Å²) in [7, 11) is 0. The van der Waals surface area contributed by atoms with Crippen molar-refractivity contribution in [1.82, 2.24) is 25.2 Å². The standard InChI is InChI=1S/C21H22FN5O2S/c1-14-20(24-25-27(14)12-15-4-6-17(22)7-5-15)21(29)23-10-16-9-19(28)26(11-16)13-18-3-2-8-30-18/h2-8,16H,9-13H2,1H3,(H,23,29). The Labute approximate surface area is 177 Å². The Hall–Kier alpha value is -3.07. The number of nitrogens with one attached hydrogen (secondary N) is 1. The zero-order chi connectivity index (χ0) is 21.1. The summed E-state index contributed by atoms with van der Waals surface area (Å²) in [6.45, 7) is 3.85. The van der Waals surface area contributed by atoms with Crippen molar-refractivity contribution in [3.05, 3.63) is 69.4 Å². The van der Waals surface area contributed by atoms with Crippen molar-refractivity contribution in [2.24, 2.45) is 5.92 Å². The van der Waals surface area contributed by atoms with Crippen molar-refractivity contribution >= 4 is 23.2 Å². The molecule has 4 rings (SSSR count). The molecule has 1 saturated heterocycles. The van der Waals surface area contributed by atoms with Crippen molar-refractivity contribution in [2.45, 2.75) is 26.4 Å². The van der Waals surface area contributed by atoms with Crippen LogP contribution in [-0.4, -0.2) is 44.8 Å². The molecule has 0 saturated carbocycles. The lowest BCUT2D eigenvalue weighted by molar-refractivity contribution is -0.128. The Bertz CT molecular complexity index is 1030. The third-order valence-electron chi connectivity index (χ3n) is 5.22. The lowest BCUT2D eigenvalue weighted by atomic mass is 10.1. The number of amides is 2. The van der Waals surface area contributed by atoms with Crippen LogP contribution in [0.3, 0.4) is 0 Å². The minimum atomic E-state index is -0.304. The van der Waals surface area contributed by atoms with Gasteiger partial charge in [0.2, 0.25) is 5.91 Å². The molecule has 2 aromatic heterocycles. The van der Waals surface area contributed by atoms with Crippen LogP contribution in [0.2, 0.25) is 0 Å². The summed E-state index contributed by atoms with van der Waals surface area (Å²) in [5, 5.41) is 12.9. The van der Waals surface area contributed by atoms with Crippen LogP contribution in [0, 0.1) is 18.7 Å². The summed E-state index contributed by atoms with van der Waals surface area (Å²) in [4.78, 5) is 27.8. The first kappa shape index (κ1) is 20.2. The van der Waals surface area contributed by atoms with Gasteiger partial charge < -0.3 is 10.2 Å². The van der Waals surface area contributed by atoms with Crippen LogP contribution >= 0.6 is 11.3 Å². The summed E-state index contributed by atoms with van der Waals surface area (Å²) >= 11 is 1.63. The Kier molecular flexibility index (Phi) is 5.89. The van der Waals surface area contributed by atoms with E-state index >= 15 is 0 Å². The van der Waals surface area contributed by atoms with E-state index in [0.717, 1.165) is 10.4 Å². The van der Waals surface area contributed by atoms with Crippen LogP contribution in [0.5, 0.6) is 0 Å². The molecular formula is C21H22FN5O2S. The van der Waals surface area contributed by atoms with Gasteiger partial charge >= 0.3 is 0 Å². The number of halogens is 1. The highest BCUT2D eigenvalue weighted by molar-refractivity contribution is 7.09. The summed E-state index contributed by atoms with van der Waals surface area (Å²) in [6, 6.07) is 10.1. The number of benzene rings is 1. The molecule has 1 atom stereocenters. The maximum atomic E-state index is 13.1. The largest absolute Gasteiger partial charge is 0.350 e. The third-order valence-corrected chi connectivity index (χ3v) is 6.08. The average molecular weight is 428 g/mol. The molecule has 9 heteroatoms. The fraction of sp³-hybridized carbons (Fsp3) is 0.333. The fourth-order valence-electron chi connectivity index (χ4n) is 3.54. The molecule has 7 nitrogen and oxygen atoms in total. The molecule has 1 aliphatic rings. The highest BCUT2D eigenvalue weighted by Gasteiger charge is 2.30. The van der Waals surface area contributed by atoms with E-state index in [1.54, 1.807) is 35.1 Å². The molecule has 0 spiro atoms. The second kappa shape index (κ2) is 8.74. The van der Waals surface area contributed by atoms with Crippen LogP contribution in [0.25, 0.3) is 0 Å². The molecule has 1 aliphatic heterocycles. The van der Waals surface area contributed by atoms with Gasteiger partial charge in [-0.2, -0.15) is 0 Å². The van der Waals surface area contributed by atoms with Gasteiger partial charge in [0.1, 0.15) is 5.82 Å². The minimum absolute atomic E-state index is 0.0796. The van der Waals surface area contributed by atoms with Crippen LogP contribution in [0.4, 0.5) is 4.39 Å². The topological polar surface area (TPSA) is 80.1 Å². The van der Waals surface area contributed by atoms with Gasteiger partial charge in [0.15, 0.2) is 5.69 Å². The predicted molar refractivity (Wildman–Crippen MR) is 110 cm³/mol. The van der Waals surface area contributed by atoms with Gasteiger partial charge in [-0.05, 0) is 36.1 Å². The molecule has 30 heavy (non-hydrogen) atoms. The van der Waals surface area contributed by atoms with Gasteiger partial charge in [0, 0.05) is 30.3 Å². The molecule has 0 bridgehead atoms. The van der Waals surface area contributed by atoms with Crippen molar-refractivity contribution in [2.75, 3.05) is 13.1 Å². The smallest absolute Gasteiger partial charge is 0.273 e. The van der Waals surface area contributed by atoms with E-state index in [0.29, 0.717) is 38.3 Å². The van der Waals surface area contributed by atoms with Crippen molar-refractivity contribution < 1.29 is 14.0 Å². The molecule has 3 aromatic rings. The quantitative estimate of drug-likeness (QED) is 0.629. The summed E-state index contributed by atoms with van der Waals surface area (Å²) in [6.07, 6.45) is 0.432. The molecule has 1 N–H and O–H groups in total. The molecule has 1 fully saturated rings. The van der Waals surface area contributed by atoms with Crippen molar-refractivity contribution in [3.63, 3.8) is 0 Å². The van der Waals surface area contributed by atoms with Crippen molar-refractivity contribution in [1.29, 1.82) is 0 Å². The van der Waals surface area contributed by atoms with Crippen LogP contribution < -0.4 is 5.32 Å². The number of likely N-dealkylation sites (tertiary alicyclic amines) is 1. The Morgan fingerprint density at radius 1 is 1.27 bits per heavy atom. The maximum Gasteiger partial charge on any atom is 0.273 e. The van der Waals surface area contributed by atoms with Crippen LogP contribution in [-0.2, 0) is 17.9 Å². The number of rotatable bonds is 7. The Balaban J connectivity index is 1.31. The minimum Gasteiger partial charge on any atom is -0.350 e. The zero-order valence-corrected chi connectivity index (χ0v) is 17.4. The lowest BCUT2D eigenvalue weighted by Crippen LogP contribution is -2.31. The first-order chi connectivity index (χ1) is 14.5. The third kappa shape index (κ3) is 4.56. The maximum absolute atomic E-state index is 13.1. The van der Waals surface area contributed by atoms with Gasteiger partial charge in [0.25, 0.3) is 5.91 Å². The second-order valence-corrected chi connectivity index (χ2v) is 8.47. The number of hydrogen-bond acceptors (Lipinski definition) is 5. The van der Waals surface area contributed by atoms with E-state index in [9.17, 15) is 14.0 Å². The van der Waals surface area contributed by atoms with Crippen LogP contribution in [0.1, 0.15) is 33.0 Å².